The van der Waals surface area contributed by atoms with Crippen molar-refractivity contribution in [2.45, 2.75) is 25.8 Å². The van der Waals surface area contributed by atoms with E-state index in [1.807, 2.05) is 22.8 Å². The minimum atomic E-state index is 0.114. The number of nitrogens with zero attached hydrogens (tertiary/aromatic N) is 5. The summed E-state index contributed by atoms with van der Waals surface area (Å²) in [4.78, 5) is 23.3. The molecule has 0 spiro atoms. The maximum atomic E-state index is 12.1. The predicted octanol–water partition coefficient (Wildman–Crippen LogP) is 2.23. The van der Waals surface area contributed by atoms with Crippen molar-refractivity contribution >= 4 is 5.82 Å². The lowest BCUT2D eigenvalue weighted by molar-refractivity contribution is 0.280. The summed E-state index contributed by atoms with van der Waals surface area (Å²) < 4.78 is 7.15. The molecule has 0 aromatic carbocycles. The monoisotopic (exact) mass is 349 g/mol. The standard InChI is InChI=1S/C19H19N5O2/c1-12-21-19(26-22-12)14-5-6-17(20-8-14)23-9-13-7-15(11-23)16-3-2-4-18(25)24(16)10-13/h2-6,8,13,15H,7,9-11H2,1H3/t13-,15+/m1/s1. The van der Waals surface area contributed by atoms with Gasteiger partial charge < -0.3 is 14.0 Å². The van der Waals surface area contributed by atoms with Gasteiger partial charge in [-0.1, -0.05) is 11.2 Å². The lowest BCUT2D eigenvalue weighted by atomic mass is 9.83. The zero-order valence-corrected chi connectivity index (χ0v) is 14.5. The van der Waals surface area contributed by atoms with Crippen LogP contribution in [0, 0.1) is 12.8 Å². The second-order valence-electron chi connectivity index (χ2n) is 7.15. The lowest BCUT2D eigenvalue weighted by Crippen LogP contribution is -2.47. The highest BCUT2D eigenvalue weighted by Crippen LogP contribution is 2.36. The Morgan fingerprint density at radius 1 is 1.15 bits per heavy atom. The summed E-state index contributed by atoms with van der Waals surface area (Å²) in [5.74, 6) is 2.90. The summed E-state index contributed by atoms with van der Waals surface area (Å²) >= 11 is 0. The minimum Gasteiger partial charge on any atom is -0.356 e. The Morgan fingerprint density at radius 3 is 2.85 bits per heavy atom. The maximum absolute atomic E-state index is 12.1. The van der Waals surface area contributed by atoms with E-state index >= 15 is 0 Å². The fourth-order valence-electron chi connectivity index (χ4n) is 4.20. The zero-order valence-electron chi connectivity index (χ0n) is 14.5. The molecule has 2 aliphatic heterocycles. The summed E-state index contributed by atoms with van der Waals surface area (Å²) in [6.45, 7) is 4.39. The van der Waals surface area contributed by atoms with Crippen molar-refractivity contribution in [3.8, 4) is 11.5 Å². The summed E-state index contributed by atoms with van der Waals surface area (Å²) in [7, 11) is 0. The van der Waals surface area contributed by atoms with Gasteiger partial charge in [0.05, 0.1) is 5.56 Å². The van der Waals surface area contributed by atoms with E-state index in [1.54, 1.807) is 19.2 Å². The van der Waals surface area contributed by atoms with Crippen LogP contribution in [0.5, 0.6) is 0 Å². The molecule has 0 N–H and O–H groups in total. The van der Waals surface area contributed by atoms with Crippen LogP contribution >= 0.6 is 0 Å². The third-order valence-electron chi connectivity index (χ3n) is 5.33. The largest absolute Gasteiger partial charge is 0.356 e. The first-order chi connectivity index (χ1) is 12.7. The SMILES string of the molecule is Cc1noc(-c2ccc(N3C[C@H]4C[C@@H](C3)c3cccc(=O)n3C4)nc2)n1. The van der Waals surface area contributed by atoms with E-state index in [0.717, 1.165) is 43.1 Å². The van der Waals surface area contributed by atoms with Crippen molar-refractivity contribution in [3.05, 3.63) is 58.4 Å². The van der Waals surface area contributed by atoms with Gasteiger partial charge in [-0.2, -0.15) is 4.98 Å². The molecule has 26 heavy (non-hydrogen) atoms. The highest BCUT2D eigenvalue weighted by atomic mass is 16.5. The van der Waals surface area contributed by atoms with Gasteiger partial charge in [0.15, 0.2) is 5.82 Å². The van der Waals surface area contributed by atoms with Crippen LogP contribution in [0.2, 0.25) is 0 Å². The average Bonchev–Trinajstić information content (AvgIpc) is 3.09. The van der Waals surface area contributed by atoms with E-state index in [1.165, 1.54) is 0 Å². The Labute approximate surface area is 150 Å². The Bertz CT molecular complexity index is 1010. The molecule has 5 heterocycles. The number of fused-ring (bicyclic) bond motifs is 4. The Hall–Kier alpha value is -2.96. The molecule has 1 fully saturated rings. The first kappa shape index (κ1) is 15.3. The molecule has 0 radical (unpaired) electrons. The van der Waals surface area contributed by atoms with E-state index in [0.29, 0.717) is 23.6 Å². The second-order valence-corrected chi connectivity index (χ2v) is 7.15. The smallest absolute Gasteiger partial charge is 0.259 e. The van der Waals surface area contributed by atoms with Crippen molar-refractivity contribution < 1.29 is 4.52 Å². The molecule has 3 aromatic heterocycles. The number of rotatable bonds is 2. The van der Waals surface area contributed by atoms with Crippen LogP contribution in [-0.4, -0.2) is 32.8 Å². The topological polar surface area (TPSA) is 77.0 Å². The molecule has 0 amide bonds. The molecule has 132 valence electrons. The van der Waals surface area contributed by atoms with Gasteiger partial charge in [-0.05, 0) is 37.5 Å². The summed E-state index contributed by atoms with van der Waals surface area (Å²) in [6.07, 6.45) is 2.92. The fraction of sp³-hybridized carbons (Fsp3) is 0.368. The molecule has 2 bridgehead atoms. The molecule has 7 nitrogen and oxygen atoms in total. The van der Waals surface area contributed by atoms with E-state index in [2.05, 4.69) is 26.1 Å². The van der Waals surface area contributed by atoms with Crippen LogP contribution < -0.4 is 10.5 Å². The molecule has 0 unspecified atom stereocenters. The van der Waals surface area contributed by atoms with Gasteiger partial charge in [-0.15, -0.1) is 0 Å². The highest BCUT2D eigenvalue weighted by Gasteiger charge is 2.34. The Morgan fingerprint density at radius 2 is 2.08 bits per heavy atom. The number of anilines is 1. The molecule has 0 aliphatic carbocycles. The number of aryl methyl sites for hydroxylation is 1. The van der Waals surface area contributed by atoms with Gasteiger partial charge in [0, 0.05) is 43.5 Å². The van der Waals surface area contributed by atoms with E-state index in [-0.39, 0.29) is 5.56 Å². The van der Waals surface area contributed by atoms with Crippen molar-refractivity contribution in [2.24, 2.45) is 5.92 Å². The molecule has 3 aromatic rings. The maximum Gasteiger partial charge on any atom is 0.259 e. The number of pyridine rings is 2. The number of hydrogen-bond acceptors (Lipinski definition) is 6. The second kappa shape index (κ2) is 5.79. The van der Waals surface area contributed by atoms with Gasteiger partial charge in [0.2, 0.25) is 0 Å². The van der Waals surface area contributed by atoms with Crippen LogP contribution in [0.4, 0.5) is 5.82 Å². The van der Waals surface area contributed by atoms with Crippen LogP contribution in [0.1, 0.15) is 23.9 Å². The van der Waals surface area contributed by atoms with Gasteiger partial charge >= 0.3 is 0 Å². The van der Waals surface area contributed by atoms with Gasteiger partial charge in [0.25, 0.3) is 11.4 Å². The van der Waals surface area contributed by atoms with Crippen LogP contribution in [0.25, 0.3) is 11.5 Å². The van der Waals surface area contributed by atoms with Crippen molar-refractivity contribution in [1.29, 1.82) is 0 Å². The van der Waals surface area contributed by atoms with Gasteiger partial charge in [0.1, 0.15) is 5.82 Å². The van der Waals surface area contributed by atoms with Crippen molar-refractivity contribution in [1.82, 2.24) is 19.7 Å². The molecular formula is C19H19N5O2. The number of hydrogen-bond donors (Lipinski definition) is 0. The molecule has 2 aliphatic rings. The van der Waals surface area contributed by atoms with Crippen LogP contribution in [-0.2, 0) is 6.54 Å². The summed E-state index contributed by atoms with van der Waals surface area (Å²) in [6, 6.07) is 9.58. The fourth-order valence-corrected chi connectivity index (χ4v) is 4.20. The molecule has 0 saturated carbocycles. The molecule has 1 saturated heterocycles. The Balaban J connectivity index is 1.41. The molecule has 7 heteroatoms. The minimum absolute atomic E-state index is 0.114. The van der Waals surface area contributed by atoms with Crippen LogP contribution in [0.3, 0.4) is 0 Å². The molecule has 5 rings (SSSR count). The van der Waals surface area contributed by atoms with Crippen LogP contribution in [0.15, 0.2) is 45.8 Å². The van der Waals surface area contributed by atoms with E-state index in [4.69, 9.17) is 4.52 Å². The lowest BCUT2D eigenvalue weighted by Gasteiger charge is -2.43. The van der Waals surface area contributed by atoms with Crippen molar-refractivity contribution in [3.63, 3.8) is 0 Å². The third kappa shape index (κ3) is 2.51. The molecule has 2 atom stereocenters. The number of piperidine rings is 1. The van der Waals surface area contributed by atoms with Crippen molar-refractivity contribution in [2.75, 3.05) is 18.0 Å². The Kier molecular flexibility index (Phi) is 3.41. The van der Waals surface area contributed by atoms with Gasteiger partial charge in [-0.3, -0.25) is 4.79 Å². The first-order valence-corrected chi connectivity index (χ1v) is 8.89. The van der Waals surface area contributed by atoms with Gasteiger partial charge in [-0.25, -0.2) is 4.98 Å². The summed E-state index contributed by atoms with van der Waals surface area (Å²) in [5.41, 5.74) is 2.09. The average molecular weight is 349 g/mol. The third-order valence-corrected chi connectivity index (χ3v) is 5.33. The predicted molar refractivity (Wildman–Crippen MR) is 96.0 cm³/mol. The van der Waals surface area contributed by atoms with E-state index < -0.39 is 0 Å². The normalized spacial score (nSPS) is 21.5. The molecular weight excluding hydrogens is 330 g/mol. The summed E-state index contributed by atoms with van der Waals surface area (Å²) in [5, 5.41) is 3.82. The zero-order chi connectivity index (χ0) is 17.7. The number of aromatic nitrogens is 4. The van der Waals surface area contributed by atoms with E-state index in [9.17, 15) is 4.79 Å². The quantitative estimate of drug-likeness (QED) is 0.706. The first-order valence-electron chi connectivity index (χ1n) is 8.89. The highest BCUT2D eigenvalue weighted by molar-refractivity contribution is 5.55.